The van der Waals surface area contributed by atoms with E-state index in [0.717, 1.165) is 24.6 Å². The topological polar surface area (TPSA) is 31.1 Å². The molecule has 29 heavy (non-hydrogen) atoms. The van der Waals surface area contributed by atoms with E-state index < -0.39 is 0 Å². The van der Waals surface area contributed by atoms with E-state index in [1.54, 1.807) is 0 Å². The van der Waals surface area contributed by atoms with Gasteiger partial charge in [0.25, 0.3) is 0 Å². The van der Waals surface area contributed by atoms with Gasteiger partial charge in [-0.15, -0.1) is 0 Å². The summed E-state index contributed by atoms with van der Waals surface area (Å²) < 4.78 is 0. The van der Waals surface area contributed by atoms with Crippen molar-refractivity contribution in [1.29, 1.82) is 0 Å². The van der Waals surface area contributed by atoms with Gasteiger partial charge in [0, 0.05) is 23.1 Å². The Labute approximate surface area is 176 Å². The van der Waals surface area contributed by atoms with Gasteiger partial charge in [-0.2, -0.15) is 0 Å². The SMILES string of the molecule is S=C(NC(c1ccccc1)c1ccccc1)N1CCc2c([nH]c3ccccc23)C1. The molecule has 1 aliphatic rings. The fourth-order valence-corrected chi connectivity index (χ4v) is 4.50. The predicted molar refractivity (Wildman–Crippen MR) is 123 cm³/mol. The van der Waals surface area contributed by atoms with E-state index in [1.165, 1.54) is 33.3 Å². The van der Waals surface area contributed by atoms with Gasteiger partial charge in [-0.1, -0.05) is 78.9 Å². The molecule has 0 saturated carbocycles. The molecule has 0 saturated heterocycles. The highest BCUT2D eigenvalue weighted by molar-refractivity contribution is 7.80. The third-order valence-electron chi connectivity index (χ3n) is 5.70. The van der Waals surface area contributed by atoms with Gasteiger partial charge in [0.05, 0.1) is 12.6 Å². The maximum atomic E-state index is 5.86. The van der Waals surface area contributed by atoms with Gasteiger partial charge in [0.1, 0.15) is 0 Å². The molecule has 144 valence electrons. The number of nitrogens with zero attached hydrogens (tertiary/aromatic N) is 1. The summed E-state index contributed by atoms with van der Waals surface area (Å²) in [6.07, 6.45) is 1.00. The van der Waals surface area contributed by atoms with E-state index in [-0.39, 0.29) is 6.04 Å². The van der Waals surface area contributed by atoms with Crippen LogP contribution in [0.1, 0.15) is 28.4 Å². The van der Waals surface area contributed by atoms with Crippen LogP contribution >= 0.6 is 12.2 Å². The lowest BCUT2D eigenvalue weighted by atomic mass is 9.99. The first-order valence-electron chi connectivity index (χ1n) is 10.0. The molecule has 0 fully saturated rings. The van der Waals surface area contributed by atoms with Gasteiger partial charge in [-0.25, -0.2) is 0 Å². The molecule has 0 bridgehead atoms. The number of aromatic nitrogens is 1. The van der Waals surface area contributed by atoms with Crippen molar-refractivity contribution in [3.63, 3.8) is 0 Å². The molecule has 0 radical (unpaired) electrons. The Morgan fingerprint density at radius 2 is 1.48 bits per heavy atom. The molecule has 0 amide bonds. The predicted octanol–water partition coefficient (Wildman–Crippen LogP) is 5.19. The van der Waals surface area contributed by atoms with Crippen LogP contribution in [0.4, 0.5) is 0 Å². The Morgan fingerprint density at radius 1 is 0.862 bits per heavy atom. The lowest BCUT2D eigenvalue weighted by molar-refractivity contribution is 0.381. The number of H-pyrrole nitrogens is 1. The summed E-state index contributed by atoms with van der Waals surface area (Å²) in [6, 6.07) is 29.6. The van der Waals surface area contributed by atoms with Gasteiger partial charge in [-0.05, 0) is 41.4 Å². The smallest absolute Gasteiger partial charge is 0.170 e. The van der Waals surface area contributed by atoms with Crippen LogP contribution in [0.25, 0.3) is 10.9 Å². The summed E-state index contributed by atoms with van der Waals surface area (Å²) in [7, 11) is 0. The number of aromatic amines is 1. The van der Waals surface area contributed by atoms with Gasteiger partial charge < -0.3 is 15.2 Å². The molecule has 0 spiro atoms. The zero-order valence-electron chi connectivity index (χ0n) is 16.1. The third kappa shape index (κ3) is 3.52. The Balaban J connectivity index is 1.39. The van der Waals surface area contributed by atoms with Gasteiger partial charge in [-0.3, -0.25) is 0 Å². The summed E-state index contributed by atoms with van der Waals surface area (Å²) >= 11 is 5.86. The second kappa shape index (κ2) is 7.72. The first-order valence-corrected chi connectivity index (χ1v) is 10.4. The average Bonchev–Trinajstić information content (AvgIpc) is 3.16. The number of para-hydroxylation sites is 1. The van der Waals surface area contributed by atoms with Crippen molar-refractivity contribution in [1.82, 2.24) is 15.2 Å². The molecule has 2 heterocycles. The molecule has 2 N–H and O–H groups in total. The minimum absolute atomic E-state index is 0.0361. The van der Waals surface area contributed by atoms with E-state index in [0.29, 0.717) is 0 Å². The van der Waals surface area contributed by atoms with Crippen molar-refractivity contribution >= 4 is 28.2 Å². The van der Waals surface area contributed by atoms with Crippen LogP contribution in [0, 0.1) is 0 Å². The monoisotopic (exact) mass is 397 g/mol. The second-order valence-corrected chi connectivity index (χ2v) is 7.89. The van der Waals surface area contributed by atoms with E-state index in [9.17, 15) is 0 Å². The van der Waals surface area contributed by atoms with Crippen molar-refractivity contribution in [2.45, 2.75) is 19.0 Å². The standard InChI is InChI=1S/C25H23N3S/c29-25(27-24(18-9-3-1-4-10-18)19-11-5-2-6-12-19)28-16-15-21-20-13-7-8-14-22(20)26-23(21)17-28/h1-14,24,26H,15-17H2,(H,27,29). The fourth-order valence-electron chi connectivity index (χ4n) is 4.23. The number of hydrogen-bond donors (Lipinski definition) is 2. The third-order valence-corrected chi connectivity index (χ3v) is 6.08. The first kappa shape index (κ1) is 18.0. The Morgan fingerprint density at radius 3 is 2.17 bits per heavy atom. The zero-order valence-corrected chi connectivity index (χ0v) is 17.0. The zero-order chi connectivity index (χ0) is 19.6. The highest BCUT2D eigenvalue weighted by Crippen LogP contribution is 2.28. The molecule has 0 atom stereocenters. The molecule has 1 aliphatic heterocycles. The number of nitrogens with one attached hydrogen (secondary N) is 2. The normalized spacial score (nSPS) is 13.5. The second-order valence-electron chi connectivity index (χ2n) is 7.50. The summed E-state index contributed by atoms with van der Waals surface area (Å²) in [5.74, 6) is 0. The van der Waals surface area contributed by atoms with Crippen molar-refractivity contribution in [2.24, 2.45) is 0 Å². The van der Waals surface area contributed by atoms with Crippen molar-refractivity contribution < 1.29 is 0 Å². The average molecular weight is 398 g/mol. The number of rotatable bonds is 3. The van der Waals surface area contributed by atoms with Gasteiger partial charge in [0.15, 0.2) is 5.11 Å². The molecule has 5 rings (SSSR count). The number of fused-ring (bicyclic) bond motifs is 3. The summed E-state index contributed by atoms with van der Waals surface area (Å²) in [5, 5.41) is 5.77. The highest BCUT2D eigenvalue weighted by Gasteiger charge is 2.24. The van der Waals surface area contributed by atoms with Crippen molar-refractivity contribution in [3.8, 4) is 0 Å². The summed E-state index contributed by atoms with van der Waals surface area (Å²) in [5.41, 5.74) is 6.35. The Hall–Kier alpha value is -3.11. The largest absolute Gasteiger partial charge is 0.357 e. The van der Waals surface area contributed by atoms with E-state index in [4.69, 9.17) is 12.2 Å². The van der Waals surface area contributed by atoms with Crippen LogP contribution in [-0.4, -0.2) is 21.5 Å². The van der Waals surface area contributed by atoms with Crippen LogP contribution in [0.2, 0.25) is 0 Å². The molecule has 3 aromatic carbocycles. The van der Waals surface area contributed by atoms with Crippen LogP contribution in [-0.2, 0) is 13.0 Å². The van der Waals surface area contributed by atoms with Crippen LogP contribution in [0.5, 0.6) is 0 Å². The molecule has 4 aromatic rings. The van der Waals surface area contributed by atoms with Gasteiger partial charge in [0.2, 0.25) is 0 Å². The molecular weight excluding hydrogens is 374 g/mol. The van der Waals surface area contributed by atoms with E-state index in [2.05, 4.69) is 88.0 Å². The Bertz CT molecular complexity index is 1100. The van der Waals surface area contributed by atoms with Crippen LogP contribution < -0.4 is 5.32 Å². The molecule has 0 aliphatic carbocycles. The maximum Gasteiger partial charge on any atom is 0.170 e. The van der Waals surface area contributed by atoms with Crippen molar-refractivity contribution in [3.05, 3.63) is 107 Å². The molecule has 3 nitrogen and oxygen atoms in total. The number of benzene rings is 3. The fraction of sp³-hybridized carbons (Fsp3) is 0.160. The minimum atomic E-state index is 0.0361. The number of thiocarbonyl (C=S) groups is 1. The van der Waals surface area contributed by atoms with Crippen molar-refractivity contribution in [2.75, 3.05) is 6.54 Å². The highest BCUT2D eigenvalue weighted by atomic mass is 32.1. The van der Waals surface area contributed by atoms with E-state index in [1.807, 2.05) is 12.1 Å². The lowest BCUT2D eigenvalue weighted by Crippen LogP contribution is -2.44. The maximum absolute atomic E-state index is 5.86. The van der Waals surface area contributed by atoms with E-state index >= 15 is 0 Å². The summed E-state index contributed by atoms with van der Waals surface area (Å²) in [6.45, 7) is 1.74. The van der Waals surface area contributed by atoms with Crippen LogP contribution in [0.3, 0.4) is 0 Å². The minimum Gasteiger partial charge on any atom is -0.357 e. The quantitative estimate of drug-likeness (QED) is 0.467. The molecule has 0 unspecified atom stereocenters. The molecule has 4 heteroatoms. The lowest BCUT2D eigenvalue weighted by Gasteiger charge is -2.32. The van der Waals surface area contributed by atoms with Crippen LogP contribution in [0.15, 0.2) is 84.9 Å². The molecular formula is C25H23N3S. The Kier molecular flexibility index (Phi) is 4.78. The first-order chi connectivity index (χ1) is 14.3. The summed E-state index contributed by atoms with van der Waals surface area (Å²) in [4.78, 5) is 5.86. The molecule has 1 aromatic heterocycles. The number of hydrogen-bond acceptors (Lipinski definition) is 1. The van der Waals surface area contributed by atoms with Gasteiger partial charge >= 0.3 is 0 Å².